The lowest BCUT2D eigenvalue weighted by molar-refractivity contribution is -0.227. The van der Waals surface area contributed by atoms with Crippen LogP contribution in [0.15, 0.2) is 35.5 Å². The second-order valence-corrected chi connectivity index (χ2v) is 6.86. The molecule has 0 amide bonds. The van der Waals surface area contributed by atoms with E-state index >= 15 is 0 Å². The molecule has 2 N–H and O–H groups in total. The first-order valence-corrected chi connectivity index (χ1v) is 8.73. The molecule has 3 heterocycles. The van der Waals surface area contributed by atoms with E-state index in [0.29, 0.717) is 0 Å². The van der Waals surface area contributed by atoms with Crippen LogP contribution in [-0.2, 0) is 16.7 Å². The van der Waals surface area contributed by atoms with Crippen molar-refractivity contribution in [2.24, 2.45) is 10.7 Å². The topological polar surface area (TPSA) is 114 Å². The highest BCUT2D eigenvalue weighted by atomic mass is 19.4. The number of pyridine rings is 2. The number of ketones is 1. The molecule has 162 valence electrons. The summed E-state index contributed by atoms with van der Waals surface area (Å²) in [4.78, 5) is 23.7. The van der Waals surface area contributed by atoms with E-state index < -0.39 is 53.7 Å². The smallest absolute Gasteiger partial charge is 0.428 e. The average Bonchev–Trinajstić information content (AvgIpc) is 2.71. The predicted octanol–water partition coefficient (Wildman–Crippen LogP) is 2.74. The van der Waals surface area contributed by atoms with Gasteiger partial charge in [-0.05, 0) is 31.2 Å². The van der Waals surface area contributed by atoms with Crippen molar-refractivity contribution in [2.45, 2.75) is 37.3 Å². The van der Waals surface area contributed by atoms with Gasteiger partial charge in [0.05, 0.1) is 12.0 Å². The van der Waals surface area contributed by atoms with Crippen molar-refractivity contribution in [3.05, 3.63) is 58.9 Å². The Morgan fingerprint density at radius 1 is 1.32 bits per heavy atom. The maximum Gasteiger partial charge on any atom is 0.428 e. The molecule has 0 radical (unpaired) electrons. The van der Waals surface area contributed by atoms with Crippen LogP contribution >= 0.6 is 0 Å². The van der Waals surface area contributed by atoms with Gasteiger partial charge < -0.3 is 10.5 Å². The van der Waals surface area contributed by atoms with Gasteiger partial charge in [0.25, 0.3) is 6.02 Å². The summed E-state index contributed by atoms with van der Waals surface area (Å²) >= 11 is 0. The summed E-state index contributed by atoms with van der Waals surface area (Å²) in [7, 11) is 0. The fourth-order valence-electron chi connectivity index (χ4n) is 3.03. The number of alkyl halides is 4. The van der Waals surface area contributed by atoms with E-state index in [-0.39, 0.29) is 17.0 Å². The molecule has 0 aliphatic carbocycles. The van der Waals surface area contributed by atoms with Crippen molar-refractivity contribution in [3.63, 3.8) is 0 Å². The van der Waals surface area contributed by atoms with E-state index in [0.717, 1.165) is 19.1 Å². The number of halogens is 5. The first kappa shape index (κ1) is 22.1. The van der Waals surface area contributed by atoms with E-state index in [1.54, 1.807) is 0 Å². The summed E-state index contributed by atoms with van der Waals surface area (Å²) < 4.78 is 73.1. The molecule has 31 heavy (non-hydrogen) atoms. The predicted molar refractivity (Wildman–Crippen MR) is 96.0 cm³/mol. The summed E-state index contributed by atoms with van der Waals surface area (Å²) in [5, 5.41) is 8.77. The van der Waals surface area contributed by atoms with Gasteiger partial charge in [-0.1, -0.05) is 0 Å². The van der Waals surface area contributed by atoms with Crippen molar-refractivity contribution in [2.75, 3.05) is 0 Å². The number of aromatic nitrogens is 2. The van der Waals surface area contributed by atoms with Crippen LogP contribution in [0.3, 0.4) is 0 Å². The molecule has 7 nitrogen and oxygen atoms in total. The third-order valence-electron chi connectivity index (χ3n) is 4.62. The lowest BCUT2D eigenvalue weighted by atomic mass is 9.87. The minimum atomic E-state index is -5.13. The second kappa shape index (κ2) is 7.90. The molecular weight excluding hydrogens is 425 g/mol. The maximum absolute atomic E-state index is 14.8. The molecule has 12 heteroatoms. The normalized spacial score (nSPS) is 23.5. The van der Waals surface area contributed by atoms with Gasteiger partial charge in [-0.3, -0.25) is 14.8 Å². The van der Waals surface area contributed by atoms with E-state index in [2.05, 4.69) is 19.7 Å². The van der Waals surface area contributed by atoms with Gasteiger partial charge >= 0.3 is 6.18 Å². The molecule has 0 bridgehead atoms. The van der Waals surface area contributed by atoms with Crippen LogP contribution in [0, 0.1) is 17.1 Å². The van der Waals surface area contributed by atoms with Crippen LogP contribution in [0.1, 0.15) is 34.4 Å². The number of nitrogens with zero attached hydrogens (tertiary/aromatic N) is 4. The van der Waals surface area contributed by atoms with Gasteiger partial charge in [-0.15, -0.1) is 0 Å². The van der Waals surface area contributed by atoms with Gasteiger partial charge in [0, 0.05) is 11.9 Å². The van der Waals surface area contributed by atoms with Crippen molar-refractivity contribution < 1.29 is 31.5 Å². The van der Waals surface area contributed by atoms with Crippen molar-refractivity contribution >= 4 is 11.8 Å². The Morgan fingerprint density at radius 2 is 2.03 bits per heavy atom. The zero-order valence-corrected chi connectivity index (χ0v) is 15.8. The summed E-state index contributed by atoms with van der Waals surface area (Å²) in [6, 6.07) is 5.53. The molecule has 2 aromatic rings. The highest BCUT2D eigenvalue weighted by Gasteiger charge is 2.58. The number of hydrogen-bond donors (Lipinski definition) is 1. The third kappa shape index (κ3) is 4.30. The van der Waals surface area contributed by atoms with E-state index in [4.69, 9.17) is 11.0 Å². The Labute approximate surface area is 172 Å². The molecule has 0 saturated heterocycles. The maximum atomic E-state index is 14.8. The Hall–Kier alpha value is -3.62. The van der Waals surface area contributed by atoms with Crippen molar-refractivity contribution in [3.8, 4) is 6.07 Å². The third-order valence-corrected chi connectivity index (χ3v) is 4.62. The number of hydrogen-bond acceptors (Lipinski definition) is 7. The lowest BCUT2D eigenvalue weighted by Gasteiger charge is -2.38. The molecule has 1 aliphatic rings. The first-order chi connectivity index (χ1) is 14.5. The van der Waals surface area contributed by atoms with Gasteiger partial charge in [-0.2, -0.15) is 18.4 Å². The summed E-state index contributed by atoms with van der Waals surface area (Å²) in [5.41, 5.74) is 2.27. The molecule has 3 atom stereocenters. The minimum Gasteiger partial charge on any atom is -0.449 e. The minimum absolute atomic E-state index is 0.00766. The largest absolute Gasteiger partial charge is 0.449 e. The molecule has 0 fully saturated rings. The molecule has 0 spiro atoms. The Kier molecular flexibility index (Phi) is 5.62. The molecule has 3 rings (SSSR count). The fourth-order valence-corrected chi connectivity index (χ4v) is 3.03. The number of Topliss-reactive ketones (excluding diaryl/α,β-unsaturated/α-hetero) is 1. The van der Waals surface area contributed by atoms with Crippen LogP contribution in [-0.4, -0.2) is 40.2 Å². The van der Waals surface area contributed by atoms with Gasteiger partial charge in [0.1, 0.15) is 28.8 Å². The SMILES string of the molecule is C[C@]1(c2nc(CC(=O)c3ccc(C#N)cn3)ccc2F)N=C(N)O[C@@H](C(F)(F)F)[C@@H]1F. The zero-order valence-electron chi connectivity index (χ0n) is 15.8. The van der Waals surface area contributed by atoms with E-state index in [1.165, 1.54) is 18.3 Å². The number of carbonyl (C=O) groups excluding carboxylic acids is 1. The number of aliphatic imine (C=N–C) groups is 1. The number of carbonyl (C=O) groups is 1. The Balaban J connectivity index is 1.95. The monoisotopic (exact) mass is 439 g/mol. The van der Waals surface area contributed by atoms with Crippen molar-refractivity contribution in [1.29, 1.82) is 5.26 Å². The average molecular weight is 439 g/mol. The molecular formula is C19H14F5N5O2. The first-order valence-electron chi connectivity index (χ1n) is 8.73. The number of amidine groups is 1. The van der Waals surface area contributed by atoms with Crippen LogP contribution in [0.4, 0.5) is 22.0 Å². The number of ether oxygens (including phenoxy) is 1. The summed E-state index contributed by atoms with van der Waals surface area (Å²) in [5.74, 6) is -1.68. The summed E-state index contributed by atoms with van der Waals surface area (Å²) in [6.07, 6.45) is -10.2. The Bertz CT molecular complexity index is 1080. The highest BCUT2D eigenvalue weighted by molar-refractivity contribution is 5.95. The number of nitrogens with two attached hydrogens (primary N) is 1. The van der Waals surface area contributed by atoms with E-state index in [1.807, 2.05) is 6.07 Å². The molecule has 1 aliphatic heterocycles. The standard InChI is InChI=1S/C19H14F5N5O2/c1-18(14(21)16(19(22,23)24)31-17(26)29-18)15-11(20)4-3-10(28-15)6-13(30)12-5-2-9(7-25)8-27-12/h2-5,8,14,16H,6H2,1H3,(H2,26,29)/t14-,16+,18-/m0/s1. The quantitative estimate of drug-likeness (QED) is 0.579. The Morgan fingerprint density at radius 3 is 2.61 bits per heavy atom. The molecule has 0 unspecified atom stereocenters. The van der Waals surface area contributed by atoms with Gasteiger partial charge in [-0.25, -0.2) is 13.8 Å². The van der Waals surface area contributed by atoms with Gasteiger partial charge in [0.15, 0.2) is 12.0 Å². The molecule has 2 aromatic heterocycles. The fraction of sp³-hybridized carbons (Fsp3) is 0.316. The van der Waals surface area contributed by atoms with Crippen LogP contribution < -0.4 is 5.73 Å². The van der Waals surface area contributed by atoms with Crippen LogP contribution in [0.25, 0.3) is 0 Å². The van der Waals surface area contributed by atoms with Gasteiger partial charge in [0.2, 0.25) is 6.10 Å². The summed E-state index contributed by atoms with van der Waals surface area (Å²) in [6.45, 7) is 0.908. The second-order valence-electron chi connectivity index (χ2n) is 6.86. The number of nitriles is 1. The van der Waals surface area contributed by atoms with Crippen LogP contribution in [0.5, 0.6) is 0 Å². The van der Waals surface area contributed by atoms with Crippen molar-refractivity contribution in [1.82, 2.24) is 9.97 Å². The van der Waals surface area contributed by atoms with Crippen LogP contribution in [0.2, 0.25) is 0 Å². The highest BCUT2D eigenvalue weighted by Crippen LogP contribution is 2.42. The number of rotatable bonds is 4. The van der Waals surface area contributed by atoms with E-state index in [9.17, 15) is 26.7 Å². The molecule has 0 saturated carbocycles. The molecule has 0 aromatic carbocycles. The lowest BCUT2D eigenvalue weighted by Crippen LogP contribution is -2.55. The zero-order chi connectivity index (χ0) is 23.0.